The maximum Gasteiger partial charge on any atom is 0.326 e. The van der Waals surface area contributed by atoms with Crippen molar-refractivity contribution in [2.75, 3.05) is 45.1 Å². The predicted molar refractivity (Wildman–Crippen MR) is 209 cm³/mol. The molecule has 7 atom stereocenters. The number of amides is 7. The van der Waals surface area contributed by atoms with Crippen molar-refractivity contribution in [3.63, 3.8) is 0 Å². The number of carbonyl (C=O) groups is 8. The molecule has 0 spiro atoms. The quantitative estimate of drug-likeness (QED) is 0.0387. The molecule has 3 rings (SSSR count). The van der Waals surface area contributed by atoms with Crippen molar-refractivity contribution >= 4 is 59.9 Å². The normalized spacial score (nSPS) is 18.9. The molecule has 0 aliphatic carbocycles. The Morgan fingerprint density at radius 1 is 0.759 bits per heavy atom. The molecule has 1 aromatic carbocycles. The number of carboxylic acids is 1. The molecule has 0 aromatic heterocycles. The van der Waals surface area contributed by atoms with Gasteiger partial charge in [0, 0.05) is 25.3 Å². The number of thiol groups is 1. The number of nitrogens with zero attached hydrogens (tertiary/aromatic N) is 2. The fourth-order valence-corrected chi connectivity index (χ4v) is 6.85. The van der Waals surface area contributed by atoms with Crippen LogP contribution in [0, 0.1) is 0 Å². The van der Waals surface area contributed by atoms with Crippen LogP contribution in [0.2, 0.25) is 0 Å². The Kier molecular flexibility index (Phi) is 19.1. The minimum absolute atomic E-state index is 0.0393. The van der Waals surface area contributed by atoms with Crippen LogP contribution in [0.25, 0.3) is 0 Å². The number of benzene rings is 1. The molecule has 13 N–H and O–H groups in total. The van der Waals surface area contributed by atoms with Gasteiger partial charge in [0.1, 0.15) is 48.0 Å². The van der Waals surface area contributed by atoms with Gasteiger partial charge in [-0.3, -0.25) is 33.6 Å². The lowest BCUT2D eigenvalue weighted by Crippen LogP contribution is -2.59. The molecule has 0 radical (unpaired) electrons. The van der Waals surface area contributed by atoms with E-state index >= 15 is 0 Å². The first-order valence-electron chi connectivity index (χ1n) is 19.0. The second-order valence-corrected chi connectivity index (χ2v) is 14.4. The third-order valence-electron chi connectivity index (χ3n) is 9.85. The Morgan fingerprint density at radius 2 is 1.36 bits per heavy atom. The van der Waals surface area contributed by atoms with Crippen molar-refractivity contribution in [1.82, 2.24) is 36.4 Å². The molecule has 0 saturated carbocycles. The van der Waals surface area contributed by atoms with Gasteiger partial charge in [0.25, 0.3) is 0 Å². The lowest BCUT2D eigenvalue weighted by Gasteiger charge is -2.29. The summed E-state index contributed by atoms with van der Waals surface area (Å²) in [5.74, 6) is -6.80. The van der Waals surface area contributed by atoms with Gasteiger partial charge in [-0.2, -0.15) is 12.6 Å². The molecule has 21 nitrogen and oxygen atoms in total. The number of nitrogens with two attached hydrogens (primary N) is 2. The molecule has 2 fully saturated rings. The molecule has 2 aliphatic heterocycles. The maximum atomic E-state index is 13.6. The van der Waals surface area contributed by atoms with E-state index in [4.69, 9.17) is 11.5 Å². The summed E-state index contributed by atoms with van der Waals surface area (Å²) in [6, 6.07) is -2.86. The van der Waals surface area contributed by atoms with Crippen molar-refractivity contribution in [3.8, 4) is 5.75 Å². The van der Waals surface area contributed by atoms with E-state index < -0.39 is 109 Å². The first-order chi connectivity index (χ1) is 27.6. The number of aliphatic carboxylic acids is 1. The van der Waals surface area contributed by atoms with E-state index in [0.717, 1.165) is 4.90 Å². The second kappa shape index (κ2) is 23.4. The number of aromatic hydroxyl groups is 1. The van der Waals surface area contributed by atoms with Crippen LogP contribution in [0.3, 0.4) is 0 Å². The Morgan fingerprint density at radius 3 is 1.97 bits per heavy atom. The van der Waals surface area contributed by atoms with Gasteiger partial charge in [-0.1, -0.05) is 12.1 Å². The number of nitrogens with one attached hydrogen (secondary N) is 5. The fourth-order valence-electron chi connectivity index (χ4n) is 6.61. The number of hydrogen-bond acceptors (Lipinski definition) is 14. The zero-order valence-electron chi connectivity index (χ0n) is 32.0. The molecule has 0 bridgehead atoms. The van der Waals surface area contributed by atoms with Crippen molar-refractivity contribution < 1.29 is 58.8 Å². The minimum Gasteiger partial charge on any atom is -0.508 e. The van der Waals surface area contributed by atoms with Crippen LogP contribution in [-0.2, 0) is 44.8 Å². The van der Waals surface area contributed by atoms with Gasteiger partial charge in [0.15, 0.2) is 0 Å². The SMILES string of the molecule is NCCCC[C@H](NC(=O)[C@@H](N)CO)C(=O)N[C@@H](Cc1ccc(O)cc1)C(=O)NCC(=O)N1CCC[C@H]1C(=O)N[C@@H](CO)C(=O)N[C@@H](CS)C(=O)N1CCC[C@H]1C(=O)O. The van der Waals surface area contributed by atoms with E-state index in [1.807, 2.05) is 0 Å². The van der Waals surface area contributed by atoms with Gasteiger partial charge in [-0.05, 0) is 69.2 Å². The highest BCUT2D eigenvalue weighted by Gasteiger charge is 2.39. The number of unbranched alkanes of at least 4 members (excludes halogenated alkanes) is 1. The number of likely N-dealkylation sites (tertiary alicyclic amines) is 2. The van der Waals surface area contributed by atoms with Crippen LogP contribution in [0.1, 0.15) is 50.5 Å². The molecule has 2 aliphatic rings. The lowest BCUT2D eigenvalue weighted by atomic mass is 10.0. The van der Waals surface area contributed by atoms with Crippen molar-refractivity contribution in [2.24, 2.45) is 11.5 Å². The number of phenols is 1. The highest BCUT2D eigenvalue weighted by Crippen LogP contribution is 2.20. The highest BCUT2D eigenvalue weighted by atomic mass is 32.1. The molecular weight excluding hydrogens is 783 g/mol. The summed E-state index contributed by atoms with van der Waals surface area (Å²) in [5.41, 5.74) is 11.7. The van der Waals surface area contributed by atoms with Gasteiger partial charge in [0.2, 0.25) is 41.4 Å². The second-order valence-electron chi connectivity index (χ2n) is 14.0. The summed E-state index contributed by atoms with van der Waals surface area (Å²) in [6.45, 7) is -1.53. The fraction of sp³-hybridized carbons (Fsp3) is 0.611. The Hall–Kier alpha value is -5.03. The first kappa shape index (κ1) is 47.3. The monoisotopic (exact) mass is 837 g/mol. The Bertz CT molecular complexity index is 1620. The zero-order chi connectivity index (χ0) is 42.9. The number of aliphatic hydroxyl groups excluding tert-OH is 2. The number of carbonyl (C=O) groups excluding carboxylic acids is 7. The van der Waals surface area contributed by atoms with Crippen molar-refractivity contribution in [2.45, 2.75) is 93.7 Å². The van der Waals surface area contributed by atoms with Crippen molar-refractivity contribution in [3.05, 3.63) is 29.8 Å². The van der Waals surface area contributed by atoms with Gasteiger partial charge in [-0.25, -0.2) is 4.79 Å². The highest BCUT2D eigenvalue weighted by molar-refractivity contribution is 7.80. The van der Waals surface area contributed by atoms with Gasteiger partial charge in [-0.15, -0.1) is 0 Å². The summed E-state index contributed by atoms with van der Waals surface area (Å²) in [6.07, 6.45) is 2.29. The Balaban J connectivity index is 1.67. The zero-order valence-corrected chi connectivity index (χ0v) is 32.9. The van der Waals surface area contributed by atoms with Gasteiger partial charge in [0.05, 0.1) is 19.8 Å². The van der Waals surface area contributed by atoms with Crippen LogP contribution in [0.4, 0.5) is 0 Å². The molecule has 22 heteroatoms. The molecule has 0 unspecified atom stereocenters. The number of phenolic OH excluding ortho intramolecular Hbond substituents is 1. The average molecular weight is 838 g/mol. The van der Waals surface area contributed by atoms with Crippen LogP contribution < -0.4 is 38.1 Å². The molecule has 7 amide bonds. The molecule has 1 aromatic rings. The van der Waals surface area contributed by atoms with Crippen molar-refractivity contribution in [1.29, 1.82) is 0 Å². The lowest BCUT2D eigenvalue weighted by molar-refractivity contribution is -0.149. The topological polar surface area (TPSA) is 336 Å². The molecule has 2 heterocycles. The Labute approximate surface area is 340 Å². The molecule has 322 valence electrons. The molecule has 2 saturated heterocycles. The molecule has 58 heavy (non-hydrogen) atoms. The largest absolute Gasteiger partial charge is 0.508 e. The summed E-state index contributed by atoms with van der Waals surface area (Å²) >= 11 is 4.12. The van der Waals surface area contributed by atoms with E-state index in [1.165, 1.54) is 29.2 Å². The third kappa shape index (κ3) is 13.5. The summed E-state index contributed by atoms with van der Waals surface area (Å²) in [5, 5.41) is 50.9. The maximum absolute atomic E-state index is 13.6. The number of aliphatic hydroxyl groups is 2. The summed E-state index contributed by atoms with van der Waals surface area (Å²) < 4.78 is 0. The van der Waals surface area contributed by atoms with E-state index in [1.54, 1.807) is 0 Å². The number of hydrogen-bond donors (Lipinski definition) is 12. The van der Waals surface area contributed by atoms with Crippen LogP contribution in [0.15, 0.2) is 24.3 Å². The first-order valence-corrected chi connectivity index (χ1v) is 19.7. The standard InChI is InChI=1S/C36H55N9O12S/c37-12-2-1-5-23(40-30(50)22(38)17-46)32(52)41-24(15-20-8-10-21(48)11-9-20)31(51)39-16-29(49)44-13-3-6-27(44)34(54)42-25(18-47)33(53)43-26(19-58)35(55)45-14-4-7-28(45)36(56)57/h8-11,22-28,46-48,58H,1-7,12-19,37-38H2,(H,39,51)(H,40,50)(H,41,52)(H,42,54)(H,43,53)(H,56,57)/t22-,23-,24-,25-,26-,27-,28-/m0/s1. The van der Waals surface area contributed by atoms with Crippen LogP contribution >= 0.6 is 12.6 Å². The van der Waals surface area contributed by atoms with E-state index in [9.17, 15) is 58.8 Å². The third-order valence-corrected chi connectivity index (χ3v) is 10.2. The molecular formula is C36H55N9O12S. The van der Waals surface area contributed by atoms with E-state index in [-0.39, 0.29) is 50.3 Å². The summed E-state index contributed by atoms with van der Waals surface area (Å²) in [7, 11) is 0. The average Bonchev–Trinajstić information content (AvgIpc) is 3.92. The number of rotatable bonds is 22. The van der Waals surface area contributed by atoms with Gasteiger partial charge < -0.3 is 68.3 Å². The van der Waals surface area contributed by atoms with E-state index in [2.05, 4.69) is 39.2 Å². The van der Waals surface area contributed by atoms with Crippen LogP contribution in [0.5, 0.6) is 5.75 Å². The predicted octanol–water partition coefficient (Wildman–Crippen LogP) is -4.57. The smallest absolute Gasteiger partial charge is 0.326 e. The van der Waals surface area contributed by atoms with Crippen LogP contribution in [-0.4, -0.2) is 165 Å². The minimum atomic E-state index is -1.54. The summed E-state index contributed by atoms with van der Waals surface area (Å²) in [4.78, 5) is 106. The van der Waals surface area contributed by atoms with E-state index in [0.29, 0.717) is 37.8 Å². The number of carboxylic acid groups (broad SMARTS) is 1. The van der Waals surface area contributed by atoms with Gasteiger partial charge >= 0.3 is 5.97 Å².